The Hall–Kier alpha value is -0.480. The zero-order valence-corrected chi connectivity index (χ0v) is 9.32. The molecule has 0 radical (unpaired) electrons. The summed E-state index contributed by atoms with van der Waals surface area (Å²) < 4.78 is 0. The molecule has 1 aliphatic rings. The molecule has 1 rings (SSSR count). The zero-order chi connectivity index (χ0) is 9.94. The van der Waals surface area contributed by atoms with Crippen molar-refractivity contribution in [1.82, 2.24) is 5.32 Å². The molecule has 0 aromatic rings. The topological polar surface area (TPSA) is 12.0 Å². The van der Waals surface area contributed by atoms with Crippen molar-refractivity contribution in [2.75, 3.05) is 6.54 Å². The molecule has 0 aliphatic carbocycles. The summed E-state index contributed by atoms with van der Waals surface area (Å²) in [5.41, 5.74) is 0. The van der Waals surface area contributed by atoms with Gasteiger partial charge < -0.3 is 5.32 Å². The number of hydrogen-bond acceptors (Lipinski definition) is 1. The van der Waals surface area contributed by atoms with Crippen LogP contribution in [0.25, 0.3) is 0 Å². The maximum atomic E-state index is 3.52. The molecule has 1 aliphatic heterocycles. The van der Waals surface area contributed by atoms with Gasteiger partial charge in [-0.2, -0.15) is 0 Å². The molecule has 1 N–H and O–H groups in total. The molecule has 0 bridgehead atoms. The Morgan fingerprint density at radius 2 is 1.92 bits per heavy atom. The lowest BCUT2D eigenvalue weighted by Gasteiger charge is -2.22. The Morgan fingerprint density at radius 3 is 2.31 bits per heavy atom. The van der Waals surface area contributed by atoms with Gasteiger partial charge in [0.1, 0.15) is 0 Å². The highest BCUT2D eigenvalue weighted by molar-refractivity contribution is 4.89. The van der Waals surface area contributed by atoms with E-state index in [0.717, 1.165) is 6.04 Å². The average molecular weight is 181 g/mol. The van der Waals surface area contributed by atoms with E-state index in [1.807, 2.05) is 13.8 Å². The molecule has 1 saturated heterocycles. The minimum Gasteiger partial charge on any atom is -0.314 e. The van der Waals surface area contributed by atoms with Gasteiger partial charge in [0.05, 0.1) is 0 Å². The fraction of sp³-hybridized carbons (Fsp3) is 0.833. The third-order valence-corrected chi connectivity index (χ3v) is 2.30. The van der Waals surface area contributed by atoms with Crippen molar-refractivity contribution in [2.24, 2.45) is 0 Å². The highest BCUT2D eigenvalue weighted by Crippen LogP contribution is 2.10. The van der Waals surface area contributed by atoms with Crippen molar-refractivity contribution in [3.63, 3.8) is 0 Å². The predicted molar refractivity (Wildman–Crippen MR) is 59.7 cm³/mol. The van der Waals surface area contributed by atoms with E-state index in [0.29, 0.717) is 0 Å². The zero-order valence-electron chi connectivity index (χ0n) is 9.32. The monoisotopic (exact) mass is 181 g/mol. The molecule has 0 aromatic carbocycles. The van der Waals surface area contributed by atoms with E-state index in [1.54, 1.807) is 0 Å². The lowest BCUT2D eigenvalue weighted by molar-refractivity contribution is 0.380. The third-order valence-electron chi connectivity index (χ3n) is 2.30. The minimum absolute atomic E-state index is 0.851. The summed E-state index contributed by atoms with van der Waals surface area (Å²) in [4.78, 5) is 0. The number of piperidine rings is 1. The first kappa shape index (κ1) is 12.5. The number of nitrogens with one attached hydrogen (secondary N) is 1. The SMILES string of the molecule is CC#CC.CCCC1CCCCN1. The lowest BCUT2D eigenvalue weighted by Crippen LogP contribution is -2.33. The van der Waals surface area contributed by atoms with Gasteiger partial charge in [-0.3, -0.25) is 0 Å². The highest BCUT2D eigenvalue weighted by atomic mass is 14.9. The van der Waals surface area contributed by atoms with E-state index in [4.69, 9.17) is 0 Å². The fourth-order valence-electron chi connectivity index (χ4n) is 1.52. The molecular weight excluding hydrogens is 158 g/mol. The minimum atomic E-state index is 0.851. The van der Waals surface area contributed by atoms with Gasteiger partial charge in [0.2, 0.25) is 0 Å². The van der Waals surface area contributed by atoms with Crippen LogP contribution < -0.4 is 5.32 Å². The Bertz CT molecular complexity index is 137. The van der Waals surface area contributed by atoms with Crippen LogP contribution in [0.5, 0.6) is 0 Å². The van der Waals surface area contributed by atoms with Crippen molar-refractivity contribution in [3.8, 4) is 11.8 Å². The first-order valence-electron chi connectivity index (χ1n) is 5.42. The Kier molecular flexibility index (Phi) is 9.25. The maximum Gasteiger partial charge on any atom is 0.00669 e. The van der Waals surface area contributed by atoms with Gasteiger partial charge in [0.25, 0.3) is 0 Å². The van der Waals surface area contributed by atoms with Crippen molar-refractivity contribution in [2.45, 2.75) is 58.9 Å². The second kappa shape index (κ2) is 9.61. The lowest BCUT2D eigenvalue weighted by atomic mass is 10.0. The molecule has 0 amide bonds. The van der Waals surface area contributed by atoms with Crippen molar-refractivity contribution in [1.29, 1.82) is 0 Å². The molecule has 1 nitrogen and oxygen atoms in total. The van der Waals surface area contributed by atoms with Gasteiger partial charge >= 0.3 is 0 Å². The molecule has 13 heavy (non-hydrogen) atoms. The summed E-state index contributed by atoms with van der Waals surface area (Å²) >= 11 is 0. The second-order valence-corrected chi connectivity index (χ2v) is 3.44. The largest absolute Gasteiger partial charge is 0.314 e. The molecule has 0 spiro atoms. The van der Waals surface area contributed by atoms with E-state index < -0.39 is 0 Å². The summed E-state index contributed by atoms with van der Waals surface area (Å²) in [7, 11) is 0. The van der Waals surface area contributed by atoms with Gasteiger partial charge in [-0.1, -0.05) is 19.8 Å². The summed E-state index contributed by atoms with van der Waals surface area (Å²) in [6, 6.07) is 0.851. The molecule has 1 heterocycles. The average Bonchev–Trinajstić information content (AvgIpc) is 2.20. The summed E-state index contributed by atoms with van der Waals surface area (Å²) in [6.45, 7) is 7.15. The van der Waals surface area contributed by atoms with E-state index in [2.05, 4.69) is 24.1 Å². The Balaban J connectivity index is 0.000000310. The summed E-state index contributed by atoms with van der Waals surface area (Å²) in [6.07, 6.45) is 6.95. The third kappa shape index (κ3) is 7.87. The van der Waals surface area contributed by atoms with Crippen LogP contribution in [0.1, 0.15) is 52.9 Å². The Morgan fingerprint density at radius 1 is 1.23 bits per heavy atom. The van der Waals surface area contributed by atoms with E-state index in [-0.39, 0.29) is 0 Å². The van der Waals surface area contributed by atoms with E-state index in [9.17, 15) is 0 Å². The van der Waals surface area contributed by atoms with Crippen LogP contribution >= 0.6 is 0 Å². The van der Waals surface area contributed by atoms with Crippen LogP contribution in [0.2, 0.25) is 0 Å². The van der Waals surface area contributed by atoms with Gasteiger partial charge in [0.15, 0.2) is 0 Å². The van der Waals surface area contributed by atoms with Crippen LogP contribution in [0.3, 0.4) is 0 Å². The summed E-state index contributed by atoms with van der Waals surface area (Å²) in [5, 5.41) is 3.52. The standard InChI is InChI=1S/C8H17N.C4H6/c1-2-5-8-6-3-4-7-9-8;1-3-4-2/h8-9H,2-7H2,1H3;1-2H3. The molecule has 0 saturated carbocycles. The quantitative estimate of drug-likeness (QED) is 0.646. The highest BCUT2D eigenvalue weighted by Gasteiger charge is 2.09. The van der Waals surface area contributed by atoms with Crippen LogP contribution in [-0.4, -0.2) is 12.6 Å². The molecule has 1 unspecified atom stereocenters. The second-order valence-electron chi connectivity index (χ2n) is 3.44. The summed E-state index contributed by atoms with van der Waals surface area (Å²) in [5.74, 6) is 5.36. The first-order chi connectivity index (χ1) is 6.35. The Labute approximate surface area is 83.3 Å². The molecule has 76 valence electrons. The van der Waals surface area contributed by atoms with Crippen LogP contribution in [0.4, 0.5) is 0 Å². The molecule has 1 heteroatoms. The molecule has 1 fully saturated rings. The van der Waals surface area contributed by atoms with Gasteiger partial charge in [0, 0.05) is 6.04 Å². The predicted octanol–water partition coefficient (Wildman–Crippen LogP) is 2.96. The van der Waals surface area contributed by atoms with Gasteiger partial charge in [-0.05, 0) is 39.7 Å². The van der Waals surface area contributed by atoms with E-state index in [1.165, 1.54) is 38.6 Å². The maximum absolute atomic E-state index is 3.52. The van der Waals surface area contributed by atoms with E-state index >= 15 is 0 Å². The molecule has 1 atom stereocenters. The molecule has 0 aromatic heterocycles. The number of hydrogen-bond donors (Lipinski definition) is 1. The van der Waals surface area contributed by atoms with Crippen LogP contribution in [0.15, 0.2) is 0 Å². The van der Waals surface area contributed by atoms with Crippen molar-refractivity contribution >= 4 is 0 Å². The van der Waals surface area contributed by atoms with Crippen molar-refractivity contribution in [3.05, 3.63) is 0 Å². The van der Waals surface area contributed by atoms with Crippen LogP contribution in [-0.2, 0) is 0 Å². The number of rotatable bonds is 2. The first-order valence-corrected chi connectivity index (χ1v) is 5.42. The van der Waals surface area contributed by atoms with Crippen molar-refractivity contribution < 1.29 is 0 Å². The molecular formula is C12H23N. The normalized spacial score (nSPS) is 20.7. The van der Waals surface area contributed by atoms with Gasteiger partial charge in [-0.25, -0.2) is 0 Å². The van der Waals surface area contributed by atoms with Crippen LogP contribution in [0, 0.1) is 11.8 Å². The van der Waals surface area contributed by atoms with Gasteiger partial charge in [-0.15, -0.1) is 11.8 Å². The fourth-order valence-corrected chi connectivity index (χ4v) is 1.52. The smallest absolute Gasteiger partial charge is 0.00669 e.